The monoisotopic (exact) mass is 438 g/mol. The fourth-order valence-corrected chi connectivity index (χ4v) is 6.17. The molecular formula is C21H22N6O3S. The molecule has 4 rings (SSSR count). The van der Waals surface area contributed by atoms with E-state index in [2.05, 4.69) is 15.3 Å². The SMILES string of the molecule is CN1C(N)=N[C@]2(C)c3cc(NC(=O)c4ccc(C#N)cn4)ccc3CCC[C@H]2S1(=O)=O. The number of fused-ring (bicyclic) bond motifs is 3. The number of nitrogens with zero attached hydrogens (tertiary/aromatic N) is 4. The number of benzene rings is 1. The third kappa shape index (κ3) is 3.41. The quantitative estimate of drug-likeness (QED) is 0.731. The molecule has 0 saturated carbocycles. The fourth-order valence-electron chi connectivity index (χ4n) is 4.27. The van der Waals surface area contributed by atoms with E-state index in [4.69, 9.17) is 11.0 Å². The van der Waals surface area contributed by atoms with Crippen LogP contribution >= 0.6 is 0 Å². The highest BCUT2D eigenvalue weighted by Crippen LogP contribution is 2.44. The Morgan fingerprint density at radius 2 is 2.13 bits per heavy atom. The summed E-state index contributed by atoms with van der Waals surface area (Å²) in [6.07, 6.45) is 3.21. The van der Waals surface area contributed by atoms with Gasteiger partial charge in [-0.15, -0.1) is 0 Å². The van der Waals surface area contributed by atoms with E-state index in [0.717, 1.165) is 15.4 Å². The van der Waals surface area contributed by atoms with Crippen LogP contribution in [0.5, 0.6) is 0 Å². The molecule has 2 atom stereocenters. The molecule has 160 valence electrons. The van der Waals surface area contributed by atoms with Crippen molar-refractivity contribution in [3.63, 3.8) is 0 Å². The minimum absolute atomic E-state index is 0.0529. The molecule has 0 bridgehead atoms. The van der Waals surface area contributed by atoms with Crippen LogP contribution in [0.15, 0.2) is 41.5 Å². The number of carbonyl (C=O) groups is 1. The lowest BCUT2D eigenvalue weighted by molar-refractivity contribution is 0.102. The predicted molar refractivity (Wildman–Crippen MR) is 116 cm³/mol. The highest BCUT2D eigenvalue weighted by atomic mass is 32.2. The summed E-state index contributed by atoms with van der Waals surface area (Å²) in [4.78, 5) is 21.2. The Bertz CT molecular complexity index is 1230. The molecular weight excluding hydrogens is 416 g/mol. The zero-order valence-electron chi connectivity index (χ0n) is 17.2. The minimum atomic E-state index is -3.67. The van der Waals surface area contributed by atoms with Crippen molar-refractivity contribution in [3.05, 3.63) is 58.9 Å². The number of pyridine rings is 1. The van der Waals surface area contributed by atoms with Gasteiger partial charge < -0.3 is 11.1 Å². The van der Waals surface area contributed by atoms with Gasteiger partial charge in [-0.2, -0.15) is 5.26 Å². The molecule has 0 radical (unpaired) electrons. The Hall–Kier alpha value is -3.45. The molecule has 1 amide bonds. The molecule has 2 heterocycles. The molecule has 0 spiro atoms. The van der Waals surface area contributed by atoms with Crippen molar-refractivity contribution in [1.29, 1.82) is 5.26 Å². The van der Waals surface area contributed by atoms with Crippen LogP contribution in [0.3, 0.4) is 0 Å². The number of aryl methyl sites for hydroxylation is 1. The van der Waals surface area contributed by atoms with Crippen LogP contribution in [0, 0.1) is 11.3 Å². The van der Waals surface area contributed by atoms with Gasteiger partial charge in [0.15, 0.2) is 0 Å². The van der Waals surface area contributed by atoms with Gasteiger partial charge in [-0.3, -0.25) is 4.79 Å². The Labute approximate surface area is 180 Å². The number of nitrogens with one attached hydrogen (secondary N) is 1. The Balaban J connectivity index is 1.73. The first kappa shape index (κ1) is 20.8. The average molecular weight is 439 g/mol. The first-order valence-electron chi connectivity index (χ1n) is 9.81. The van der Waals surface area contributed by atoms with Crippen LogP contribution in [-0.2, 0) is 22.0 Å². The summed E-state index contributed by atoms with van der Waals surface area (Å²) in [5, 5.41) is 10.9. The fraction of sp³-hybridized carbons (Fsp3) is 0.333. The molecule has 0 saturated heterocycles. The second-order valence-electron chi connectivity index (χ2n) is 7.88. The molecule has 0 unspecified atom stereocenters. The molecule has 1 aromatic heterocycles. The van der Waals surface area contributed by atoms with Crippen molar-refractivity contribution in [2.75, 3.05) is 12.4 Å². The molecule has 31 heavy (non-hydrogen) atoms. The first-order valence-corrected chi connectivity index (χ1v) is 11.3. The van der Waals surface area contributed by atoms with Crippen molar-refractivity contribution < 1.29 is 13.2 Å². The summed E-state index contributed by atoms with van der Waals surface area (Å²) >= 11 is 0. The van der Waals surface area contributed by atoms with Crippen LogP contribution < -0.4 is 11.1 Å². The molecule has 2 aliphatic rings. The maximum absolute atomic E-state index is 13.1. The van der Waals surface area contributed by atoms with E-state index in [-0.39, 0.29) is 11.7 Å². The van der Waals surface area contributed by atoms with E-state index >= 15 is 0 Å². The molecule has 1 aliphatic carbocycles. The van der Waals surface area contributed by atoms with Gasteiger partial charge in [-0.05, 0) is 61.6 Å². The van der Waals surface area contributed by atoms with Gasteiger partial charge in [-0.25, -0.2) is 22.7 Å². The van der Waals surface area contributed by atoms with Gasteiger partial charge in [0.1, 0.15) is 22.6 Å². The van der Waals surface area contributed by atoms with Crippen LogP contribution in [0.4, 0.5) is 5.69 Å². The lowest BCUT2D eigenvalue weighted by Crippen LogP contribution is -2.56. The number of hydrogen-bond donors (Lipinski definition) is 2. The van der Waals surface area contributed by atoms with E-state index in [1.807, 2.05) is 12.1 Å². The first-order chi connectivity index (χ1) is 14.7. The minimum Gasteiger partial charge on any atom is -0.369 e. The number of aromatic nitrogens is 1. The number of carbonyl (C=O) groups excluding carboxylic acids is 1. The second kappa shape index (κ2) is 7.35. The standard InChI is InChI=1S/C21H22N6O3S/c1-21-16-10-15(25-19(28)17-9-6-13(11-22)12-24-17)8-7-14(16)4-3-5-18(21)31(29,30)27(2)20(23)26-21/h6-10,12,18H,3-5H2,1-2H3,(H2,23,26)(H,25,28)/t18-,21-/m1/s1. The zero-order chi connectivity index (χ0) is 22.4. The summed E-state index contributed by atoms with van der Waals surface area (Å²) in [6.45, 7) is 1.78. The number of aliphatic imine (C=N–C) groups is 1. The predicted octanol–water partition coefficient (Wildman–Crippen LogP) is 1.72. The van der Waals surface area contributed by atoms with Crippen molar-refractivity contribution in [3.8, 4) is 6.07 Å². The van der Waals surface area contributed by atoms with E-state index in [1.165, 1.54) is 25.4 Å². The summed E-state index contributed by atoms with van der Waals surface area (Å²) < 4.78 is 27.2. The lowest BCUT2D eigenvalue weighted by Gasteiger charge is -2.41. The molecule has 1 aromatic carbocycles. The Kier molecular flexibility index (Phi) is 4.94. The highest BCUT2D eigenvalue weighted by molar-refractivity contribution is 7.90. The maximum Gasteiger partial charge on any atom is 0.274 e. The molecule has 9 nitrogen and oxygen atoms in total. The summed E-state index contributed by atoms with van der Waals surface area (Å²) in [5.74, 6) is -0.485. The van der Waals surface area contributed by atoms with Crippen molar-refractivity contribution in [2.24, 2.45) is 10.7 Å². The molecule has 10 heteroatoms. The van der Waals surface area contributed by atoms with Gasteiger partial charge >= 0.3 is 0 Å². The van der Waals surface area contributed by atoms with Crippen molar-refractivity contribution >= 4 is 27.6 Å². The average Bonchev–Trinajstić information content (AvgIpc) is 2.89. The number of rotatable bonds is 2. The lowest BCUT2D eigenvalue weighted by atomic mass is 9.86. The van der Waals surface area contributed by atoms with Crippen LogP contribution in [-0.4, -0.2) is 41.9 Å². The topological polar surface area (TPSA) is 142 Å². The third-order valence-electron chi connectivity index (χ3n) is 5.99. The van der Waals surface area contributed by atoms with Crippen molar-refractivity contribution in [2.45, 2.75) is 37.0 Å². The van der Waals surface area contributed by atoms with Crippen molar-refractivity contribution in [1.82, 2.24) is 9.29 Å². The Morgan fingerprint density at radius 3 is 2.81 bits per heavy atom. The van der Waals surface area contributed by atoms with Gasteiger partial charge in [0.2, 0.25) is 16.0 Å². The normalized spacial score (nSPS) is 24.1. The van der Waals surface area contributed by atoms with Gasteiger partial charge in [0, 0.05) is 18.9 Å². The van der Waals surface area contributed by atoms with Gasteiger partial charge in [0.05, 0.1) is 5.56 Å². The number of nitrogens with two attached hydrogens (primary N) is 1. The molecule has 1 aliphatic heterocycles. The number of amides is 1. The van der Waals surface area contributed by atoms with Crippen LogP contribution in [0.1, 0.15) is 46.9 Å². The van der Waals surface area contributed by atoms with Crippen LogP contribution in [0.25, 0.3) is 0 Å². The number of nitriles is 1. The largest absolute Gasteiger partial charge is 0.369 e. The second-order valence-corrected chi connectivity index (χ2v) is 10.0. The molecule has 3 N–H and O–H groups in total. The number of hydrogen-bond acceptors (Lipinski definition) is 7. The zero-order valence-corrected chi connectivity index (χ0v) is 18.0. The summed E-state index contributed by atoms with van der Waals surface area (Å²) in [5.41, 5.74) is 7.66. The van der Waals surface area contributed by atoms with Crippen LogP contribution in [0.2, 0.25) is 0 Å². The summed E-state index contributed by atoms with van der Waals surface area (Å²) in [6, 6.07) is 10.4. The van der Waals surface area contributed by atoms with E-state index in [9.17, 15) is 13.2 Å². The van der Waals surface area contributed by atoms with Gasteiger partial charge in [0.25, 0.3) is 5.91 Å². The van der Waals surface area contributed by atoms with E-state index in [1.54, 1.807) is 19.1 Å². The number of anilines is 1. The maximum atomic E-state index is 13.1. The van der Waals surface area contributed by atoms with E-state index in [0.29, 0.717) is 30.5 Å². The third-order valence-corrected chi connectivity index (χ3v) is 8.35. The Morgan fingerprint density at radius 1 is 1.35 bits per heavy atom. The summed E-state index contributed by atoms with van der Waals surface area (Å²) in [7, 11) is -2.25. The smallest absolute Gasteiger partial charge is 0.274 e. The van der Waals surface area contributed by atoms with E-state index < -0.39 is 26.7 Å². The number of guanidine groups is 1. The highest BCUT2D eigenvalue weighted by Gasteiger charge is 2.51. The van der Waals surface area contributed by atoms with Gasteiger partial charge in [-0.1, -0.05) is 6.07 Å². The molecule has 0 fully saturated rings. The molecule has 2 aromatic rings. The number of sulfonamides is 1.